The summed E-state index contributed by atoms with van der Waals surface area (Å²) in [6.45, 7) is 0. The van der Waals surface area contributed by atoms with Gasteiger partial charge in [0, 0.05) is 17.3 Å². The summed E-state index contributed by atoms with van der Waals surface area (Å²) in [4.78, 5) is 0. The van der Waals surface area contributed by atoms with E-state index in [0.717, 1.165) is 23.3 Å². The molecule has 1 aromatic carbocycles. The predicted molar refractivity (Wildman–Crippen MR) is 80.3 cm³/mol. The van der Waals surface area contributed by atoms with E-state index in [4.69, 9.17) is 0 Å². The van der Waals surface area contributed by atoms with Gasteiger partial charge in [-0.2, -0.15) is 11.8 Å². The first kappa shape index (κ1) is 12.6. The SMILES string of the molecule is CSC1CCCC1NC1CC(c2ccccc2)C1. The summed E-state index contributed by atoms with van der Waals surface area (Å²) in [6.07, 6.45) is 9.14. The normalized spacial score (nSPS) is 35.4. The van der Waals surface area contributed by atoms with Crippen molar-refractivity contribution in [3.05, 3.63) is 35.9 Å². The predicted octanol–water partition coefficient (Wildman–Crippen LogP) is 3.81. The Morgan fingerprint density at radius 1 is 1.11 bits per heavy atom. The van der Waals surface area contributed by atoms with Crippen LogP contribution in [0.2, 0.25) is 0 Å². The minimum atomic E-state index is 0.771. The van der Waals surface area contributed by atoms with E-state index < -0.39 is 0 Å². The van der Waals surface area contributed by atoms with Crippen molar-refractivity contribution in [1.82, 2.24) is 5.32 Å². The molecule has 3 rings (SSSR count). The van der Waals surface area contributed by atoms with Gasteiger partial charge in [0.05, 0.1) is 0 Å². The third-order valence-corrected chi connectivity index (χ3v) is 5.78. The van der Waals surface area contributed by atoms with E-state index in [-0.39, 0.29) is 0 Å². The fourth-order valence-electron chi connectivity index (χ4n) is 3.45. The molecule has 2 atom stereocenters. The summed E-state index contributed by atoms with van der Waals surface area (Å²) in [7, 11) is 0. The fraction of sp³-hybridized carbons (Fsp3) is 0.625. The largest absolute Gasteiger partial charge is 0.310 e. The lowest BCUT2D eigenvalue weighted by atomic mass is 9.75. The van der Waals surface area contributed by atoms with Gasteiger partial charge in [0.2, 0.25) is 0 Å². The van der Waals surface area contributed by atoms with Crippen LogP contribution in [0.4, 0.5) is 0 Å². The maximum atomic E-state index is 3.90. The molecule has 0 aliphatic heterocycles. The van der Waals surface area contributed by atoms with Gasteiger partial charge in [-0.3, -0.25) is 0 Å². The molecule has 1 N–H and O–H groups in total. The van der Waals surface area contributed by atoms with Crippen molar-refractivity contribution in [2.45, 2.75) is 55.4 Å². The highest BCUT2D eigenvalue weighted by Gasteiger charge is 2.34. The fourth-order valence-corrected chi connectivity index (χ4v) is 4.40. The first-order valence-electron chi connectivity index (χ1n) is 7.20. The average Bonchev–Trinajstić information content (AvgIpc) is 2.81. The Balaban J connectivity index is 1.48. The zero-order valence-corrected chi connectivity index (χ0v) is 12.0. The smallest absolute Gasteiger partial charge is 0.0198 e. The lowest BCUT2D eigenvalue weighted by Gasteiger charge is -2.39. The Morgan fingerprint density at radius 3 is 2.61 bits per heavy atom. The molecule has 2 unspecified atom stereocenters. The second-order valence-electron chi connectivity index (χ2n) is 5.75. The highest BCUT2D eigenvalue weighted by molar-refractivity contribution is 7.99. The Hall–Kier alpha value is -0.470. The molecule has 2 fully saturated rings. The van der Waals surface area contributed by atoms with Crippen LogP contribution in [0.1, 0.15) is 43.6 Å². The molecule has 1 nitrogen and oxygen atoms in total. The Morgan fingerprint density at radius 2 is 1.89 bits per heavy atom. The van der Waals surface area contributed by atoms with Gasteiger partial charge in [0.15, 0.2) is 0 Å². The molecule has 2 aliphatic rings. The zero-order chi connectivity index (χ0) is 12.4. The van der Waals surface area contributed by atoms with Gasteiger partial charge in [0.25, 0.3) is 0 Å². The number of nitrogens with one attached hydrogen (secondary N) is 1. The summed E-state index contributed by atoms with van der Waals surface area (Å²) in [5.41, 5.74) is 1.53. The third kappa shape index (κ3) is 2.60. The van der Waals surface area contributed by atoms with E-state index >= 15 is 0 Å². The maximum Gasteiger partial charge on any atom is 0.0198 e. The van der Waals surface area contributed by atoms with Crippen molar-refractivity contribution in [1.29, 1.82) is 0 Å². The molecule has 2 saturated carbocycles. The van der Waals surface area contributed by atoms with Crippen LogP contribution in [0.3, 0.4) is 0 Å². The minimum Gasteiger partial charge on any atom is -0.310 e. The van der Waals surface area contributed by atoms with Crippen molar-refractivity contribution in [2.75, 3.05) is 6.26 Å². The lowest BCUT2D eigenvalue weighted by molar-refractivity contribution is 0.266. The number of thioether (sulfide) groups is 1. The van der Waals surface area contributed by atoms with Crippen LogP contribution in [0.15, 0.2) is 30.3 Å². The molecule has 2 heteroatoms. The molecule has 2 aliphatic carbocycles. The minimum absolute atomic E-state index is 0.771. The molecule has 0 amide bonds. The summed E-state index contributed by atoms with van der Waals surface area (Å²) in [5.74, 6) is 0.804. The second kappa shape index (κ2) is 5.66. The molecule has 0 radical (unpaired) electrons. The summed E-state index contributed by atoms with van der Waals surface area (Å²) in [6, 6.07) is 12.5. The van der Waals surface area contributed by atoms with Gasteiger partial charge in [-0.15, -0.1) is 0 Å². The Kier molecular flexibility index (Phi) is 3.95. The molecule has 98 valence electrons. The third-order valence-electron chi connectivity index (χ3n) is 4.61. The highest BCUT2D eigenvalue weighted by atomic mass is 32.2. The number of benzene rings is 1. The zero-order valence-electron chi connectivity index (χ0n) is 11.1. The van der Waals surface area contributed by atoms with Gasteiger partial charge >= 0.3 is 0 Å². The molecular weight excluding hydrogens is 238 g/mol. The van der Waals surface area contributed by atoms with Crippen LogP contribution in [0, 0.1) is 0 Å². The van der Waals surface area contributed by atoms with Crippen LogP contribution in [-0.4, -0.2) is 23.6 Å². The summed E-state index contributed by atoms with van der Waals surface area (Å²) < 4.78 is 0. The van der Waals surface area contributed by atoms with E-state index in [1.54, 1.807) is 0 Å². The van der Waals surface area contributed by atoms with Crippen LogP contribution in [0.25, 0.3) is 0 Å². The lowest BCUT2D eigenvalue weighted by Crippen LogP contribution is -2.47. The molecule has 0 spiro atoms. The number of rotatable bonds is 4. The van der Waals surface area contributed by atoms with Gasteiger partial charge in [-0.1, -0.05) is 36.8 Å². The summed E-state index contributed by atoms with van der Waals surface area (Å²) >= 11 is 2.05. The Bertz CT molecular complexity index is 372. The summed E-state index contributed by atoms with van der Waals surface area (Å²) in [5, 5.41) is 4.76. The van der Waals surface area contributed by atoms with Gasteiger partial charge in [0.1, 0.15) is 0 Å². The number of hydrogen-bond acceptors (Lipinski definition) is 2. The van der Waals surface area contributed by atoms with Crippen LogP contribution >= 0.6 is 11.8 Å². The van der Waals surface area contributed by atoms with Crippen molar-refractivity contribution in [3.8, 4) is 0 Å². The van der Waals surface area contributed by atoms with Crippen LogP contribution in [-0.2, 0) is 0 Å². The monoisotopic (exact) mass is 261 g/mol. The van der Waals surface area contributed by atoms with Crippen molar-refractivity contribution in [2.24, 2.45) is 0 Å². The molecule has 0 bridgehead atoms. The molecule has 0 aromatic heterocycles. The quantitative estimate of drug-likeness (QED) is 0.884. The van der Waals surface area contributed by atoms with E-state index in [9.17, 15) is 0 Å². The van der Waals surface area contributed by atoms with Crippen LogP contribution in [0.5, 0.6) is 0 Å². The van der Waals surface area contributed by atoms with Crippen molar-refractivity contribution < 1.29 is 0 Å². The number of hydrogen-bond donors (Lipinski definition) is 1. The van der Waals surface area contributed by atoms with Crippen molar-refractivity contribution in [3.63, 3.8) is 0 Å². The molecule has 0 saturated heterocycles. The molecular formula is C16H23NS. The van der Waals surface area contributed by atoms with Gasteiger partial charge < -0.3 is 5.32 Å². The van der Waals surface area contributed by atoms with E-state index in [1.165, 1.54) is 37.7 Å². The first-order chi connectivity index (χ1) is 8.86. The molecule has 0 heterocycles. The van der Waals surface area contributed by atoms with E-state index in [2.05, 4.69) is 53.7 Å². The standard InChI is InChI=1S/C16H23NS/c1-18-16-9-5-8-15(16)17-14-10-13(11-14)12-6-3-2-4-7-12/h2-4,6-7,13-17H,5,8-11H2,1H3. The van der Waals surface area contributed by atoms with E-state index in [0.29, 0.717) is 0 Å². The molecule has 18 heavy (non-hydrogen) atoms. The highest BCUT2D eigenvalue weighted by Crippen LogP contribution is 2.38. The van der Waals surface area contributed by atoms with Crippen molar-refractivity contribution >= 4 is 11.8 Å². The van der Waals surface area contributed by atoms with E-state index in [1.807, 2.05) is 0 Å². The Labute approximate surface area is 115 Å². The molecule has 1 aromatic rings. The van der Waals surface area contributed by atoms with Crippen LogP contribution < -0.4 is 5.32 Å². The van der Waals surface area contributed by atoms with Gasteiger partial charge in [-0.05, 0) is 43.4 Å². The topological polar surface area (TPSA) is 12.0 Å². The second-order valence-corrected chi connectivity index (χ2v) is 6.83. The average molecular weight is 261 g/mol. The first-order valence-corrected chi connectivity index (χ1v) is 8.49. The van der Waals surface area contributed by atoms with Gasteiger partial charge in [-0.25, -0.2) is 0 Å². The maximum absolute atomic E-state index is 3.90.